The molecule has 0 saturated carbocycles. The summed E-state index contributed by atoms with van der Waals surface area (Å²) >= 11 is 0. The van der Waals surface area contributed by atoms with Crippen LogP contribution in [0.1, 0.15) is 24.4 Å². The van der Waals surface area contributed by atoms with E-state index >= 15 is 0 Å². The number of methoxy groups -OCH3 is 1. The van der Waals surface area contributed by atoms with Gasteiger partial charge in [0.15, 0.2) is 0 Å². The van der Waals surface area contributed by atoms with Crippen LogP contribution < -0.4 is 4.74 Å². The molecule has 1 heterocycles. The lowest BCUT2D eigenvalue weighted by Gasteiger charge is -2.12. The highest BCUT2D eigenvalue weighted by atomic mass is 16.5. The molecule has 18 heavy (non-hydrogen) atoms. The van der Waals surface area contributed by atoms with Crippen LogP contribution in [0.2, 0.25) is 0 Å². The van der Waals surface area contributed by atoms with E-state index in [4.69, 9.17) is 4.74 Å². The Morgan fingerprint density at radius 3 is 3.00 bits per heavy atom. The monoisotopic (exact) mass is 247 g/mol. The average molecular weight is 247 g/mol. The molecule has 1 atom stereocenters. The van der Waals surface area contributed by atoms with Crippen LogP contribution in [0, 0.1) is 0 Å². The third-order valence-corrected chi connectivity index (χ3v) is 2.85. The fourth-order valence-electron chi connectivity index (χ4n) is 1.85. The van der Waals surface area contributed by atoms with Crippen LogP contribution in [0.5, 0.6) is 5.75 Å². The first-order valence-electron chi connectivity index (χ1n) is 5.93. The normalized spacial score (nSPS) is 12.4. The van der Waals surface area contributed by atoms with E-state index in [1.165, 1.54) is 6.33 Å². The second kappa shape index (κ2) is 5.64. The standard InChI is InChI=1S/C13H17N3O2/c1-3-16-13(14-9-15-16)8-12(17)10-5-4-6-11(7-10)18-2/h4-7,9,12,17H,3,8H2,1-2H3. The lowest BCUT2D eigenvalue weighted by molar-refractivity contribution is 0.173. The SMILES string of the molecule is CCn1ncnc1CC(O)c1cccc(OC)c1. The zero-order valence-corrected chi connectivity index (χ0v) is 10.6. The molecular weight excluding hydrogens is 230 g/mol. The number of aryl methyl sites for hydroxylation is 1. The Kier molecular flexibility index (Phi) is 3.94. The van der Waals surface area contributed by atoms with Gasteiger partial charge in [-0.05, 0) is 24.6 Å². The maximum Gasteiger partial charge on any atom is 0.138 e. The molecule has 0 aliphatic rings. The van der Waals surface area contributed by atoms with Crippen LogP contribution >= 0.6 is 0 Å². The maximum absolute atomic E-state index is 10.2. The smallest absolute Gasteiger partial charge is 0.138 e. The topological polar surface area (TPSA) is 60.2 Å². The second-order valence-corrected chi connectivity index (χ2v) is 3.99. The molecule has 0 aliphatic heterocycles. The molecule has 0 radical (unpaired) electrons. The minimum atomic E-state index is -0.602. The Hall–Kier alpha value is -1.88. The molecule has 0 fully saturated rings. The molecule has 2 rings (SSSR count). The fourth-order valence-corrected chi connectivity index (χ4v) is 1.85. The summed E-state index contributed by atoms with van der Waals surface area (Å²) in [5.41, 5.74) is 0.819. The quantitative estimate of drug-likeness (QED) is 0.871. The predicted octanol–water partition coefficient (Wildman–Crippen LogP) is 1.58. The number of hydrogen-bond donors (Lipinski definition) is 1. The van der Waals surface area contributed by atoms with Crippen molar-refractivity contribution in [3.05, 3.63) is 42.0 Å². The molecule has 0 spiro atoms. The zero-order chi connectivity index (χ0) is 13.0. The number of nitrogens with zero attached hydrogens (tertiary/aromatic N) is 3. The molecule has 5 heteroatoms. The van der Waals surface area contributed by atoms with E-state index < -0.39 is 6.10 Å². The Balaban J connectivity index is 2.13. The van der Waals surface area contributed by atoms with Gasteiger partial charge in [-0.1, -0.05) is 12.1 Å². The van der Waals surface area contributed by atoms with E-state index in [0.717, 1.165) is 23.7 Å². The third-order valence-electron chi connectivity index (χ3n) is 2.85. The zero-order valence-electron chi connectivity index (χ0n) is 10.6. The highest BCUT2D eigenvalue weighted by Crippen LogP contribution is 2.21. The van der Waals surface area contributed by atoms with Gasteiger partial charge in [-0.25, -0.2) is 4.98 Å². The van der Waals surface area contributed by atoms with E-state index in [0.29, 0.717) is 6.42 Å². The number of rotatable bonds is 5. The van der Waals surface area contributed by atoms with Crippen molar-refractivity contribution in [2.75, 3.05) is 7.11 Å². The lowest BCUT2D eigenvalue weighted by Crippen LogP contribution is -2.09. The molecule has 0 aliphatic carbocycles. The van der Waals surface area contributed by atoms with Gasteiger partial charge < -0.3 is 9.84 Å². The van der Waals surface area contributed by atoms with Crippen LogP contribution in [0.25, 0.3) is 0 Å². The van der Waals surface area contributed by atoms with Crippen molar-refractivity contribution in [3.8, 4) is 5.75 Å². The van der Waals surface area contributed by atoms with Crippen LogP contribution in [0.3, 0.4) is 0 Å². The largest absolute Gasteiger partial charge is 0.497 e. The number of aliphatic hydroxyl groups is 1. The van der Waals surface area contributed by atoms with E-state index in [2.05, 4.69) is 10.1 Å². The summed E-state index contributed by atoms with van der Waals surface area (Å²) in [5.74, 6) is 1.52. The van der Waals surface area contributed by atoms with Crippen LogP contribution in [0.15, 0.2) is 30.6 Å². The minimum absolute atomic E-state index is 0.445. The first kappa shape index (κ1) is 12.6. The van der Waals surface area contributed by atoms with Crippen LogP contribution in [-0.2, 0) is 13.0 Å². The van der Waals surface area contributed by atoms with Gasteiger partial charge in [0.25, 0.3) is 0 Å². The van der Waals surface area contributed by atoms with Gasteiger partial charge in [0, 0.05) is 13.0 Å². The summed E-state index contributed by atoms with van der Waals surface area (Å²) in [6, 6.07) is 7.42. The lowest BCUT2D eigenvalue weighted by atomic mass is 10.1. The van der Waals surface area contributed by atoms with E-state index in [1.807, 2.05) is 31.2 Å². The van der Waals surface area contributed by atoms with Crippen molar-refractivity contribution in [1.29, 1.82) is 0 Å². The maximum atomic E-state index is 10.2. The molecule has 1 N–H and O–H groups in total. The molecule has 96 valence electrons. The van der Waals surface area contributed by atoms with Gasteiger partial charge in [0.2, 0.25) is 0 Å². The van der Waals surface area contributed by atoms with Crippen molar-refractivity contribution >= 4 is 0 Å². The van der Waals surface area contributed by atoms with Crippen molar-refractivity contribution in [1.82, 2.24) is 14.8 Å². The first-order valence-corrected chi connectivity index (χ1v) is 5.93. The minimum Gasteiger partial charge on any atom is -0.497 e. The summed E-state index contributed by atoms with van der Waals surface area (Å²) < 4.78 is 6.92. The first-order chi connectivity index (χ1) is 8.74. The molecule has 0 bridgehead atoms. The van der Waals surface area contributed by atoms with Crippen molar-refractivity contribution < 1.29 is 9.84 Å². The van der Waals surface area contributed by atoms with E-state index in [-0.39, 0.29) is 0 Å². The molecule has 0 amide bonds. The van der Waals surface area contributed by atoms with Crippen molar-refractivity contribution in [2.24, 2.45) is 0 Å². The number of aliphatic hydroxyl groups excluding tert-OH is 1. The summed E-state index contributed by atoms with van der Waals surface area (Å²) in [6.45, 7) is 2.75. The Bertz CT molecular complexity index is 510. The average Bonchev–Trinajstić information content (AvgIpc) is 2.86. The molecule has 0 saturated heterocycles. The number of hydrogen-bond acceptors (Lipinski definition) is 4. The number of ether oxygens (including phenoxy) is 1. The van der Waals surface area contributed by atoms with Crippen molar-refractivity contribution in [3.63, 3.8) is 0 Å². The van der Waals surface area contributed by atoms with E-state index in [1.54, 1.807) is 11.8 Å². The Morgan fingerprint density at radius 2 is 2.28 bits per heavy atom. The molecular formula is C13H17N3O2. The molecule has 2 aromatic rings. The van der Waals surface area contributed by atoms with Gasteiger partial charge in [-0.2, -0.15) is 5.10 Å². The summed E-state index contributed by atoms with van der Waals surface area (Å²) in [6.07, 6.45) is 1.35. The third kappa shape index (κ3) is 2.68. The Morgan fingerprint density at radius 1 is 1.44 bits per heavy atom. The van der Waals surface area contributed by atoms with Gasteiger partial charge in [0.05, 0.1) is 13.2 Å². The second-order valence-electron chi connectivity index (χ2n) is 3.99. The Labute approximate surface area is 106 Å². The van der Waals surface area contributed by atoms with Gasteiger partial charge in [0.1, 0.15) is 17.9 Å². The van der Waals surface area contributed by atoms with Gasteiger partial charge in [-0.15, -0.1) is 0 Å². The molecule has 1 unspecified atom stereocenters. The molecule has 5 nitrogen and oxygen atoms in total. The highest BCUT2D eigenvalue weighted by Gasteiger charge is 2.13. The fraction of sp³-hybridized carbons (Fsp3) is 0.385. The summed E-state index contributed by atoms with van der Waals surface area (Å²) in [7, 11) is 1.61. The highest BCUT2D eigenvalue weighted by molar-refractivity contribution is 5.30. The van der Waals surface area contributed by atoms with Crippen LogP contribution in [0.4, 0.5) is 0 Å². The van der Waals surface area contributed by atoms with Crippen LogP contribution in [-0.4, -0.2) is 27.0 Å². The molecule has 1 aromatic heterocycles. The van der Waals surface area contributed by atoms with Gasteiger partial charge >= 0.3 is 0 Å². The predicted molar refractivity (Wildman–Crippen MR) is 67.4 cm³/mol. The summed E-state index contributed by atoms with van der Waals surface area (Å²) in [5, 5.41) is 14.3. The number of aromatic nitrogens is 3. The summed E-state index contributed by atoms with van der Waals surface area (Å²) in [4.78, 5) is 4.16. The van der Waals surface area contributed by atoms with Gasteiger partial charge in [-0.3, -0.25) is 4.68 Å². The van der Waals surface area contributed by atoms with E-state index in [9.17, 15) is 5.11 Å². The molecule has 1 aromatic carbocycles. The van der Waals surface area contributed by atoms with Crippen molar-refractivity contribution in [2.45, 2.75) is 26.0 Å². The number of benzene rings is 1.